The molecule has 0 unspecified atom stereocenters. The number of aryl methyl sites for hydroxylation is 1. The summed E-state index contributed by atoms with van der Waals surface area (Å²) in [6.45, 7) is 8.75. The van der Waals surface area contributed by atoms with Crippen molar-refractivity contribution in [2.45, 2.75) is 20.3 Å². The lowest BCUT2D eigenvalue weighted by atomic mass is 10.1. The maximum absolute atomic E-state index is 12.8. The Morgan fingerprint density at radius 3 is 2.58 bits per heavy atom. The molecule has 0 bridgehead atoms. The van der Waals surface area contributed by atoms with Crippen LogP contribution in [0.3, 0.4) is 0 Å². The van der Waals surface area contributed by atoms with E-state index in [1.54, 1.807) is 6.20 Å². The fourth-order valence-corrected chi connectivity index (χ4v) is 5.15. The molecule has 1 N–H and O–H groups in total. The second kappa shape index (κ2) is 10.6. The minimum atomic E-state index is 0.164. The molecule has 8 nitrogen and oxygen atoms in total. The summed E-state index contributed by atoms with van der Waals surface area (Å²) in [5.74, 6) is 1.70. The van der Waals surface area contributed by atoms with Crippen LogP contribution in [0, 0.1) is 6.92 Å². The van der Waals surface area contributed by atoms with E-state index in [4.69, 9.17) is 4.98 Å². The molecule has 0 radical (unpaired) electrons. The van der Waals surface area contributed by atoms with Crippen molar-refractivity contribution in [3.63, 3.8) is 0 Å². The number of benzene rings is 1. The minimum Gasteiger partial charge on any atom is -0.340 e. The van der Waals surface area contributed by atoms with E-state index in [-0.39, 0.29) is 5.91 Å². The third-order valence-electron chi connectivity index (χ3n) is 6.59. The lowest BCUT2D eigenvalue weighted by Gasteiger charge is -2.34. The number of hydrogen-bond acceptors (Lipinski definition) is 8. The van der Waals surface area contributed by atoms with Crippen LogP contribution in [-0.4, -0.2) is 70.4 Å². The first-order valence-corrected chi connectivity index (χ1v) is 13.1. The maximum Gasteiger partial charge on any atom is 0.227 e. The molecule has 0 atom stereocenters. The molecule has 0 aliphatic carbocycles. The first-order chi connectivity index (χ1) is 17.5. The summed E-state index contributed by atoms with van der Waals surface area (Å²) in [4.78, 5) is 34.0. The Morgan fingerprint density at radius 1 is 1.06 bits per heavy atom. The van der Waals surface area contributed by atoms with E-state index < -0.39 is 0 Å². The van der Waals surface area contributed by atoms with E-state index in [0.29, 0.717) is 12.2 Å². The summed E-state index contributed by atoms with van der Waals surface area (Å²) in [6, 6.07) is 16.2. The fourth-order valence-electron chi connectivity index (χ4n) is 4.31. The second-order valence-corrected chi connectivity index (χ2v) is 10.1. The topological polar surface area (TPSA) is 77.5 Å². The van der Waals surface area contributed by atoms with Gasteiger partial charge in [-0.25, -0.2) is 15.0 Å². The predicted molar refractivity (Wildman–Crippen MR) is 147 cm³/mol. The molecule has 1 aliphatic heterocycles. The summed E-state index contributed by atoms with van der Waals surface area (Å²) in [6.07, 6.45) is 2.11. The van der Waals surface area contributed by atoms with Crippen LogP contribution >= 0.6 is 11.3 Å². The molecule has 1 aromatic carbocycles. The summed E-state index contributed by atoms with van der Waals surface area (Å²) in [5, 5.41) is 4.02. The number of carbonyl (C=O) groups excluding carboxylic acids is 1. The first kappa shape index (κ1) is 24.1. The standard InChI is InChI=1S/C27H31N7OS/c1-4-33-13-15-34(16-14-33)25(35)18-20-11-12-28-23(17-20)30-27-29-22-9-10-24(31-26(22)36-27)32(3)21-7-5-19(2)6-8-21/h5-12,17H,4,13-16,18H2,1-3H3,(H,28,29,30). The minimum absolute atomic E-state index is 0.164. The number of nitrogens with one attached hydrogen (secondary N) is 1. The summed E-state index contributed by atoms with van der Waals surface area (Å²) in [5.41, 5.74) is 4.08. The van der Waals surface area contributed by atoms with E-state index in [1.807, 2.05) is 36.2 Å². The highest BCUT2D eigenvalue weighted by atomic mass is 32.1. The molecular formula is C27H31N7OS. The van der Waals surface area contributed by atoms with Crippen LogP contribution in [0.15, 0.2) is 54.7 Å². The summed E-state index contributed by atoms with van der Waals surface area (Å²) < 4.78 is 0. The Morgan fingerprint density at radius 2 is 1.83 bits per heavy atom. The number of pyridine rings is 2. The van der Waals surface area contributed by atoms with Gasteiger partial charge in [0.05, 0.1) is 6.42 Å². The fraction of sp³-hybridized carbons (Fsp3) is 0.333. The molecule has 1 saturated heterocycles. The monoisotopic (exact) mass is 501 g/mol. The van der Waals surface area contributed by atoms with Crippen molar-refractivity contribution < 1.29 is 4.79 Å². The van der Waals surface area contributed by atoms with Gasteiger partial charge < -0.3 is 20.0 Å². The van der Waals surface area contributed by atoms with Gasteiger partial charge in [0.1, 0.15) is 22.0 Å². The molecule has 5 rings (SSSR count). The van der Waals surface area contributed by atoms with E-state index in [2.05, 4.69) is 63.2 Å². The van der Waals surface area contributed by atoms with Crippen molar-refractivity contribution in [3.8, 4) is 0 Å². The van der Waals surface area contributed by atoms with Crippen LogP contribution in [-0.2, 0) is 11.2 Å². The third-order valence-corrected chi connectivity index (χ3v) is 7.47. The number of rotatable bonds is 7. The largest absolute Gasteiger partial charge is 0.340 e. The zero-order chi connectivity index (χ0) is 25.1. The molecule has 1 fully saturated rings. The van der Waals surface area contributed by atoms with E-state index in [9.17, 15) is 4.79 Å². The Bertz CT molecular complexity index is 1350. The predicted octanol–water partition coefficient (Wildman–Crippen LogP) is 4.61. The number of piperazine rings is 1. The molecule has 0 saturated carbocycles. The Labute approximate surface area is 215 Å². The lowest BCUT2D eigenvalue weighted by molar-refractivity contribution is -0.132. The highest BCUT2D eigenvalue weighted by molar-refractivity contribution is 7.21. The van der Waals surface area contributed by atoms with Crippen molar-refractivity contribution in [2.24, 2.45) is 0 Å². The van der Waals surface area contributed by atoms with Crippen LogP contribution in [0.1, 0.15) is 18.1 Å². The smallest absolute Gasteiger partial charge is 0.227 e. The normalized spacial score (nSPS) is 14.2. The molecule has 36 heavy (non-hydrogen) atoms. The van der Waals surface area contributed by atoms with Crippen LogP contribution in [0.5, 0.6) is 0 Å². The van der Waals surface area contributed by atoms with Crippen molar-refractivity contribution in [1.29, 1.82) is 0 Å². The van der Waals surface area contributed by atoms with Crippen molar-refractivity contribution in [3.05, 3.63) is 65.9 Å². The van der Waals surface area contributed by atoms with E-state index >= 15 is 0 Å². The third kappa shape index (κ3) is 5.47. The Hall–Kier alpha value is -3.56. The van der Waals surface area contributed by atoms with Gasteiger partial charge in [0.15, 0.2) is 5.13 Å². The molecule has 4 heterocycles. The van der Waals surface area contributed by atoms with Gasteiger partial charge >= 0.3 is 0 Å². The van der Waals surface area contributed by atoms with Crippen molar-refractivity contribution in [1.82, 2.24) is 24.8 Å². The molecule has 186 valence electrons. The van der Waals surface area contributed by atoms with Crippen LogP contribution < -0.4 is 10.2 Å². The van der Waals surface area contributed by atoms with Gasteiger partial charge in [0.2, 0.25) is 5.91 Å². The molecule has 1 amide bonds. The van der Waals surface area contributed by atoms with E-state index in [1.165, 1.54) is 16.9 Å². The van der Waals surface area contributed by atoms with Gasteiger partial charge in [-0.05, 0) is 55.4 Å². The molecule has 9 heteroatoms. The number of likely N-dealkylation sites (N-methyl/N-ethyl adjacent to an activating group) is 1. The van der Waals surface area contributed by atoms with Gasteiger partial charge in [0.25, 0.3) is 0 Å². The summed E-state index contributed by atoms with van der Waals surface area (Å²) >= 11 is 1.49. The second-order valence-electron chi connectivity index (χ2n) is 9.07. The number of nitrogens with zero attached hydrogens (tertiary/aromatic N) is 6. The number of anilines is 4. The average molecular weight is 502 g/mol. The quantitative estimate of drug-likeness (QED) is 0.396. The molecular weight excluding hydrogens is 470 g/mol. The first-order valence-electron chi connectivity index (χ1n) is 12.3. The average Bonchev–Trinajstić information content (AvgIpc) is 3.30. The molecule has 3 aromatic heterocycles. The Balaban J connectivity index is 1.26. The highest BCUT2D eigenvalue weighted by Gasteiger charge is 2.20. The number of thiazole rings is 1. The SMILES string of the molecule is CCN1CCN(C(=O)Cc2ccnc(Nc3nc4ccc(N(C)c5ccc(C)cc5)nc4s3)c2)CC1. The molecule has 1 aliphatic rings. The van der Waals surface area contributed by atoms with Gasteiger partial charge in [-0.2, -0.15) is 0 Å². The number of fused-ring (bicyclic) bond motifs is 1. The van der Waals surface area contributed by atoms with Crippen LogP contribution in [0.4, 0.5) is 22.5 Å². The van der Waals surface area contributed by atoms with E-state index in [0.717, 1.165) is 65.3 Å². The van der Waals surface area contributed by atoms with Crippen LogP contribution in [0.2, 0.25) is 0 Å². The zero-order valence-electron chi connectivity index (χ0n) is 20.9. The van der Waals surface area contributed by atoms with Crippen molar-refractivity contribution in [2.75, 3.05) is 50.0 Å². The van der Waals surface area contributed by atoms with Gasteiger partial charge in [0, 0.05) is 45.1 Å². The zero-order valence-corrected chi connectivity index (χ0v) is 21.8. The molecule has 0 spiro atoms. The molecule has 4 aromatic rings. The van der Waals surface area contributed by atoms with Gasteiger partial charge in [-0.3, -0.25) is 4.79 Å². The van der Waals surface area contributed by atoms with Gasteiger partial charge in [-0.15, -0.1) is 0 Å². The summed E-state index contributed by atoms with van der Waals surface area (Å²) in [7, 11) is 2.01. The van der Waals surface area contributed by atoms with Gasteiger partial charge in [-0.1, -0.05) is 36.0 Å². The number of hydrogen-bond donors (Lipinski definition) is 1. The highest BCUT2D eigenvalue weighted by Crippen LogP contribution is 2.30. The Kier molecular flexibility index (Phi) is 7.11. The number of amides is 1. The number of carbonyl (C=O) groups is 1. The maximum atomic E-state index is 12.8. The van der Waals surface area contributed by atoms with Crippen molar-refractivity contribution >= 4 is 50.0 Å². The van der Waals surface area contributed by atoms with Crippen LogP contribution in [0.25, 0.3) is 10.3 Å². The lowest BCUT2D eigenvalue weighted by Crippen LogP contribution is -2.48. The number of aromatic nitrogens is 3.